The summed E-state index contributed by atoms with van der Waals surface area (Å²) in [7, 11) is 3.84. The molecule has 0 atom stereocenters. The predicted molar refractivity (Wildman–Crippen MR) is 77.2 cm³/mol. The highest BCUT2D eigenvalue weighted by molar-refractivity contribution is 5.93. The molecule has 2 rings (SSSR count). The number of hydrogen-bond acceptors (Lipinski definition) is 3. The Kier molecular flexibility index (Phi) is 4.93. The summed E-state index contributed by atoms with van der Waals surface area (Å²) in [6.07, 6.45) is 1.23. The lowest BCUT2D eigenvalue weighted by molar-refractivity contribution is 0.0963. The van der Waals surface area contributed by atoms with Gasteiger partial charge < -0.3 is 10.2 Å². The highest BCUT2D eigenvalue weighted by atomic mass is 16.1. The molecule has 1 aliphatic rings. The summed E-state index contributed by atoms with van der Waals surface area (Å²) in [6.45, 7) is 5.57. The van der Waals surface area contributed by atoms with Gasteiger partial charge in [-0.15, -0.1) is 0 Å². The number of likely N-dealkylation sites (N-methyl/N-ethyl adjacent to an activating group) is 1. The van der Waals surface area contributed by atoms with E-state index in [1.165, 1.54) is 18.5 Å². The summed E-state index contributed by atoms with van der Waals surface area (Å²) in [5.74, 6) is -0.0250. The Bertz CT molecular complexity index is 416. The number of benzene rings is 1. The topological polar surface area (TPSA) is 35.6 Å². The predicted octanol–water partition coefficient (Wildman–Crippen LogP) is 1.18. The van der Waals surface area contributed by atoms with E-state index in [4.69, 9.17) is 0 Å². The van der Waals surface area contributed by atoms with Crippen LogP contribution in [-0.2, 0) is 6.54 Å². The van der Waals surface area contributed by atoms with Crippen molar-refractivity contribution in [2.75, 3.05) is 40.3 Å². The van der Waals surface area contributed by atoms with Gasteiger partial charge in [0, 0.05) is 32.2 Å². The lowest BCUT2D eigenvalue weighted by Gasteiger charge is -2.20. The third-order valence-corrected chi connectivity index (χ3v) is 3.66. The molecular weight excluding hydrogens is 238 g/mol. The molecule has 0 aliphatic carbocycles. The molecule has 1 saturated heterocycles. The molecule has 0 bridgehead atoms. The molecule has 1 fully saturated rings. The molecule has 1 N–H and O–H groups in total. The number of nitrogens with zero attached hydrogens (tertiary/aromatic N) is 2. The van der Waals surface area contributed by atoms with E-state index in [0.717, 1.165) is 31.7 Å². The molecule has 1 amide bonds. The minimum absolute atomic E-state index is 0.0250. The van der Waals surface area contributed by atoms with Gasteiger partial charge in [-0.05, 0) is 44.3 Å². The minimum atomic E-state index is -0.0250. The highest BCUT2D eigenvalue weighted by Crippen LogP contribution is 2.10. The van der Waals surface area contributed by atoms with Gasteiger partial charge in [-0.1, -0.05) is 12.1 Å². The van der Waals surface area contributed by atoms with Crippen LogP contribution < -0.4 is 5.32 Å². The zero-order chi connectivity index (χ0) is 13.7. The standard InChI is InChI=1S/C15H23N3O/c1-16-15(19)14-6-4-13(5-7-14)12-18-9-3-8-17(2)10-11-18/h4-7H,3,8-12H2,1-2H3,(H,16,19). The van der Waals surface area contributed by atoms with Crippen molar-refractivity contribution in [3.63, 3.8) is 0 Å². The van der Waals surface area contributed by atoms with Crippen molar-refractivity contribution in [3.8, 4) is 0 Å². The molecule has 0 radical (unpaired) electrons. The minimum Gasteiger partial charge on any atom is -0.355 e. The summed E-state index contributed by atoms with van der Waals surface area (Å²) in [4.78, 5) is 16.3. The van der Waals surface area contributed by atoms with Crippen molar-refractivity contribution >= 4 is 5.91 Å². The third-order valence-electron chi connectivity index (χ3n) is 3.66. The Morgan fingerprint density at radius 2 is 1.89 bits per heavy atom. The number of amides is 1. The zero-order valence-corrected chi connectivity index (χ0v) is 11.9. The number of nitrogens with one attached hydrogen (secondary N) is 1. The maximum absolute atomic E-state index is 11.5. The van der Waals surface area contributed by atoms with Crippen LogP contribution in [0.5, 0.6) is 0 Å². The average Bonchev–Trinajstić information content (AvgIpc) is 2.64. The van der Waals surface area contributed by atoms with E-state index in [1.807, 2.05) is 12.1 Å². The molecule has 0 spiro atoms. The van der Waals surface area contributed by atoms with Gasteiger partial charge in [-0.2, -0.15) is 0 Å². The fraction of sp³-hybridized carbons (Fsp3) is 0.533. The van der Waals surface area contributed by atoms with Crippen LogP contribution in [0.4, 0.5) is 0 Å². The van der Waals surface area contributed by atoms with Crippen molar-refractivity contribution in [1.29, 1.82) is 0 Å². The maximum atomic E-state index is 11.5. The van der Waals surface area contributed by atoms with Crippen LogP contribution in [0.3, 0.4) is 0 Å². The fourth-order valence-electron chi connectivity index (χ4n) is 2.42. The van der Waals surface area contributed by atoms with E-state index < -0.39 is 0 Å². The first-order valence-corrected chi connectivity index (χ1v) is 6.91. The number of carbonyl (C=O) groups is 1. The Morgan fingerprint density at radius 3 is 2.58 bits per heavy atom. The van der Waals surface area contributed by atoms with Crippen LogP contribution in [0.25, 0.3) is 0 Å². The summed E-state index contributed by atoms with van der Waals surface area (Å²) in [5.41, 5.74) is 2.00. The van der Waals surface area contributed by atoms with E-state index in [2.05, 4.69) is 34.3 Å². The van der Waals surface area contributed by atoms with E-state index in [0.29, 0.717) is 0 Å². The quantitative estimate of drug-likeness (QED) is 0.887. The molecule has 0 saturated carbocycles. The smallest absolute Gasteiger partial charge is 0.251 e. The summed E-state index contributed by atoms with van der Waals surface area (Å²) < 4.78 is 0. The van der Waals surface area contributed by atoms with Crippen LogP contribution in [0.2, 0.25) is 0 Å². The average molecular weight is 261 g/mol. The van der Waals surface area contributed by atoms with E-state index in [-0.39, 0.29) is 5.91 Å². The lowest BCUT2D eigenvalue weighted by atomic mass is 10.1. The fourth-order valence-corrected chi connectivity index (χ4v) is 2.42. The van der Waals surface area contributed by atoms with Gasteiger partial charge in [0.2, 0.25) is 0 Å². The van der Waals surface area contributed by atoms with Gasteiger partial charge in [0.15, 0.2) is 0 Å². The number of hydrogen-bond donors (Lipinski definition) is 1. The molecule has 4 nitrogen and oxygen atoms in total. The van der Waals surface area contributed by atoms with Crippen LogP contribution in [0, 0.1) is 0 Å². The van der Waals surface area contributed by atoms with Gasteiger partial charge in [0.1, 0.15) is 0 Å². The third kappa shape index (κ3) is 4.04. The van der Waals surface area contributed by atoms with Gasteiger partial charge in [-0.3, -0.25) is 9.69 Å². The molecule has 1 aromatic rings. The highest BCUT2D eigenvalue weighted by Gasteiger charge is 2.12. The van der Waals surface area contributed by atoms with Gasteiger partial charge >= 0.3 is 0 Å². The molecule has 19 heavy (non-hydrogen) atoms. The number of carbonyl (C=O) groups excluding carboxylic acids is 1. The van der Waals surface area contributed by atoms with Crippen LogP contribution >= 0.6 is 0 Å². The molecule has 4 heteroatoms. The first-order chi connectivity index (χ1) is 9.19. The second-order valence-corrected chi connectivity index (χ2v) is 5.21. The maximum Gasteiger partial charge on any atom is 0.251 e. The van der Waals surface area contributed by atoms with Crippen molar-refractivity contribution in [3.05, 3.63) is 35.4 Å². The van der Waals surface area contributed by atoms with Crippen molar-refractivity contribution in [2.24, 2.45) is 0 Å². The van der Waals surface area contributed by atoms with Crippen molar-refractivity contribution in [2.45, 2.75) is 13.0 Å². The van der Waals surface area contributed by atoms with E-state index >= 15 is 0 Å². The van der Waals surface area contributed by atoms with E-state index in [9.17, 15) is 4.79 Å². The summed E-state index contributed by atoms with van der Waals surface area (Å²) >= 11 is 0. The molecule has 1 aliphatic heterocycles. The van der Waals surface area contributed by atoms with Crippen LogP contribution in [0.1, 0.15) is 22.3 Å². The lowest BCUT2D eigenvalue weighted by Crippen LogP contribution is -2.28. The zero-order valence-electron chi connectivity index (χ0n) is 11.9. The summed E-state index contributed by atoms with van der Waals surface area (Å²) in [5, 5.41) is 2.64. The second kappa shape index (κ2) is 6.68. The molecule has 1 aromatic carbocycles. The van der Waals surface area contributed by atoms with Gasteiger partial charge in [0.05, 0.1) is 0 Å². The van der Waals surface area contributed by atoms with Gasteiger partial charge in [-0.25, -0.2) is 0 Å². The molecular formula is C15H23N3O. The summed E-state index contributed by atoms with van der Waals surface area (Å²) in [6, 6.07) is 7.91. The Hall–Kier alpha value is -1.39. The van der Waals surface area contributed by atoms with Crippen molar-refractivity contribution < 1.29 is 4.79 Å². The van der Waals surface area contributed by atoms with E-state index in [1.54, 1.807) is 7.05 Å². The molecule has 104 valence electrons. The molecule has 1 heterocycles. The molecule has 0 unspecified atom stereocenters. The second-order valence-electron chi connectivity index (χ2n) is 5.21. The Morgan fingerprint density at radius 1 is 1.16 bits per heavy atom. The Labute approximate surface area is 115 Å². The normalized spacial score (nSPS) is 18.0. The first-order valence-electron chi connectivity index (χ1n) is 6.91. The first kappa shape index (κ1) is 14.0. The van der Waals surface area contributed by atoms with Crippen LogP contribution in [0.15, 0.2) is 24.3 Å². The molecule has 0 aromatic heterocycles. The van der Waals surface area contributed by atoms with Gasteiger partial charge in [0.25, 0.3) is 5.91 Å². The van der Waals surface area contributed by atoms with Crippen molar-refractivity contribution in [1.82, 2.24) is 15.1 Å². The monoisotopic (exact) mass is 261 g/mol. The Balaban J connectivity index is 1.93. The number of rotatable bonds is 3. The SMILES string of the molecule is CNC(=O)c1ccc(CN2CCCN(C)CC2)cc1. The largest absolute Gasteiger partial charge is 0.355 e. The van der Waals surface area contributed by atoms with Crippen LogP contribution in [-0.4, -0.2) is 56.0 Å².